The molecular weight excluding hydrogens is 334 g/mol. The zero-order valence-corrected chi connectivity index (χ0v) is 14.8. The van der Waals surface area contributed by atoms with E-state index in [4.69, 9.17) is 14.2 Å². The molecule has 0 spiro atoms. The van der Waals surface area contributed by atoms with E-state index < -0.39 is 12.3 Å². The number of carbonyl (C=O) groups is 2. The number of anilines is 1. The Morgan fingerprint density at radius 1 is 1.15 bits per heavy atom. The van der Waals surface area contributed by atoms with Crippen LogP contribution in [0.4, 0.5) is 5.69 Å². The number of amides is 1. The molecule has 0 saturated heterocycles. The van der Waals surface area contributed by atoms with Crippen molar-refractivity contribution in [3.8, 4) is 5.75 Å². The highest BCUT2D eigenvalue weighted by Crippen LogP contribution is 2.41. The molecule has 3 rings (SSSR count). The summed E-state index contributed by atoms with van der Waals surface area (Å²) in [7, 11) is 3.23. The molecule has 1 unspecified atom stereocenters. The molecule has 1 heterocycles. The standard InChI is InChI=1S/C20H19NO5/c1-13(22)25-20-17-11-15(24-3)9-10-16(17)18(26-20)12-19(23)21(2)14-7-5-4-6-8-14/h4-12,20H,1-3H3/b18-12+. The summed E-state index contributed by atoms with van der Waals surface area (Å²) in [6, 6.07) is 14.5. The fourth-order valence-corrected chi connectivity index (χ4v) is 2.67. The monoisotopic (exact) mass is 353 g/mol. The minimum Gasteiger partial charge on any atom is -0.497 e. The molecule has 2 aromatic rings. The quantitative estimate of drug-likeness (QED) is 0.623. The summed E-state index contributed by atoms with van der Waals surface area (Å²) in [5.74, 6) is 0.231. The average Bonchev–Trinajstić information content (AvgIpc) is 2.97. The fourth-order valence-electron chi connectivity index (χ4n) is 2.67. The lowest BCUT2D eigenvalue weighted by Gasteiger charge is -2.15. The van der Waals surface area contributed by atoms with E-state index in [1.807, 2.05) is 30.3 Å². The third-order valence-electron chi connectivity index (χ3n) is 4.01. The molecule has 0 saturated carbocycles. The van der Waals surface area contributed by atoms with Crippen LogP contribution in [0.2, 0.25) is 0 Å². The number of hydrogen-bond acceptors (Lipinski definition) is 5. The predicted molar refractivity (Wildman–Crippen MR) is 96.4 cm³/mol. The van der Waals surface area contributed by atoms with Crippen LogP contribution < -0.4 is 9.64 Å². The van der Waals surface area contributed by atoms with Gasteiger partial charge in [0.2, 0.25) is 0 Å². The van der Waals surface area contributed by atoms with Gasteiger partial charge in [0, 0.05) is 36.9 Å². The summed E-state index contributed by atoms with van der Waals surface area (Å²) in [5, 5.41) is 0. The lowest BCUT2D eigenvalue weighted by Crippen LogP contribution is -2.24. The Labute approximate surface area is 151 Å². The van der Waals surface area contributed by atoms with Crippen LogP contribution in [-0.4, -0.2) is 26.0 Å². The molecule has 0 radical (unpaired) electrons. The predicted octanol–water partition coefficient (Wildman–Crippen LogP) is 3.29. The summed E-state index contributed by atoms with van der Waals surface area (Å²) in [5.41, 5.74) is 2.09. The Hall–Kier alpha value is -3.28. The number of fused-ring (bicyclic) bond motifs is 1. The van der Waals surface area contributed by atoms with Gasteiger partial charge in [-0.15, -0.1) is 0 Å². The van der Waals surface area contributed by atoms with Crippen LogP contribution in [0, 0.1) is 0 Å². The van der Waals surface area contributed by atoms with Gasteiger partial charge in [0.05, 0.1) is 7.11 Å². The Balaban J connectivity index is 1.92. The van der Waals surface area contributed by atoms with Crippen molar-refractivity contribution in [2.45, 2.75) is 13.2 Å². The second-order valence-electron chi connectivity index (χ2n) is 5.75. The molecule has 2 aromatic carbocycles. The summed E-state index contributed by atoms with van der Waals surface area (Å²) in [6.07, 6.45) is 0.487. The maximum Gasteiger partial charge on any atom is 0.305 e. The summed E-state index contributed by atoms with van der Waals surface area (Å²) in [6.45, 7) is 1.30. The van der Waals surface area contributed by atoms with Gasteiger partial charge in [-0.25, -0.2) is 0 Å². The minimum absolute atomic E-state index is 0.253. The Morgan fingerprint density at radius 2 is 1.88 bits per heavy atom. The van der Waals surface area contributed by atoms with E-state index in [1.165, 1.54) is 17.9 Å². The number of rotatable bonds is 4. The normalized spacial score (nSPS) is 16.6. The average molecular weight is 353 g/mol. The fraction of sp³-hybridized carbons (Fsp3) is 0.200. The molecule has 1 aliphatic rings. The van der Waals surface area contributed by atoms with E-state index >= 15 is 0 Å². The molecule has 1 aliphatic heterocycles. The molecule has 0 bridgehead atoms. The summed E-state index contributed by atoms with van der Waals surface area (Å²) in [4.78, 5) is 25.5. The SMILES string of the molecule is COc1ccc2c(c1)C(OC(C)=O)O/C2=C/C(=O)N(C)c1ccccc1. The molecule has 0 aliphatic carbocycles. The number of carbonyl (C=O) groups excluding carboxylic acids is 2. The zero-order chi connectivity index (χ0) is 18.7. The van der Waals surface area contributed by atoms with E-state index in [1.54, 1.807) is 32.4 Å². The van der Waals surface area contributed by atoms with Crippen molar-refractivity contribution in [1.82, 2.24) is 0 Å². The van der Waals surface area contributed by atoms with Crippen LogP contribution in [0.3, 0.4) is 0 Å². The van der Waals surface area contributed by atoms with E-state index in [2.05, 4.69) is 0 Å². The molecule has 0 N–H and O–H groups in total. The molecule has 1 atom stereocenters. The van der Waals surface area contributed by atoms with E-state index in [9.17, 15) is 9.59 Å². The van der Waals surface area contributed by atoms with Gasteiger partial charge in [-0.3, -0.25) is 9.59 Å². The van der Waals surface area contributed by atoms with Gasteiger partial charge in [-0.2, -0.15) is 0 Å². The van der Waals surface area contributed by atoms with Crippen molar-refractivity contribution in [2.24, 2.45) is 0 Å². The van der Waals surface area contributed by atoms with Crippen LogP contribution in [-0.2, 0) is 19.1 Å². The number of methoxy groups -OCH3 is 1. The van der Waals surface area contributed by atoms with Gasteiger partial charge in [-0.1, -0.05) is 18.2 Å². The first-order valence-corrected chi connectivity index (χ1v) is 8.06. The number of likely N-dealkylation sites (N-methyl/N-ethyl adjacent to an activating group) is 1. The first-order chi connectivity index (χ1) is 12.5. The van der Waals surface area contributed by atoms with Crippen molar-refractivity contribution in [3.63, 3.8) is 0 Å². The van der Waals surface area contributed by atoms with Gasteiger partial charge in [0.15, 0.2) is 0 Å². The van der Waals surface area contributed by atoms with Gasteiger partial charge >= 0.3 is 5.97 Å². The largest absolute Gasteiger partial charge is 0.497 e. The van der Waals surface area contributed by atoms with Crippen molar-refractivity contribution < 1.29 is 23.8 Å². The lowest BCUT2D eigenvalue weighted by molar-refractivity contribution is -0.163. The topological polar surface area (TPSA) is 65.1 Å². The maximum absolute atomic E-state index is 12.6. The number of benzene rings is 2. The highest BCUT2D eigenvalue weighted by molar-refractivity contribution is 6.05. The maximum atomic E-state index is 12.6. The highest BCUT2D eigenvalue weighted by atomic mass is 16.7. The van der Waals surface area contributed by atoms with Gasteiger partial charge in [-0.05, 0) is 30.3 Å². The first-order valence-electron chi connectivity index (χ1n) is 8.06. The second kappa shape index (κ2) is 7.31. The molecule has 0 fully saturated rings. The van der Waals surface area contributed by atoms with Gasteiger partial charge in [0.1, 0.15) is 11.5 Å². The highest BCUT2D eigenvalue weighted by Gasteiger charge is 2.32. The van der Waals surface area contributed by atoms with E-state index in [0.29, 0.717) is 22.6 Å². The van der Waals surface area contributed by atoms with E-state index in [-0.39, 0.29) is 5.91 Å². The molecule has 26 heavy (non-hydrogen) atoms. The summed E-state index contributed by atoms with van der Waals surface area (Å²) < 4.78 is 16.1. The van der Waals surface area contributed by atoms with Crippen LogP contribution in [0.1, 0.15) is 24.3 Å². The van der Waals surface area contributed by atoms with Crippen LogP contribution >= 0.6 is 0 Å². The first kappa shape index (κ1) is 17.5. The third-order valence-corrected chi connectivity index (χ3v) is 4.01. The molecule has 134 valence electrons. The molecule has 1 amide bonds. The van der Waals surface area contributed by atoms with Crippen LogP contribution in [0.15, 0.2) is 54.6 Å². The molecular formula is C20H19NO5. The van der Waals surface area contributed by atoms with Gasteiger partial charge < -0.3 is 19.1 Å². The van der Waals surface area contributed by atoms with Crippen molar-refractivity contribution in [2.75, 3.05) is 19.1 Å². The number of esters is 1. The lowest BCUT2D eigenvalue weighted by atomic mass is 10.1. The smallest absolute Gasteiger partial charge is 0.305 e. The zero-order valence-electron chi connectivity index (χ0n) is 14.8. The number of ether oxygens (including phenoxy) is 3. The molecule has 6 heteroatoms. The van der Waals surface area contributed by atoms with Crippen molar-refractivity contribution in [1.29, 1.82) is 0 Å². The van der Waals surface area contributed by atoms with Crippen molar-refractivity contribution in [3.05, 3.63) is 65.7 Å². The van der Waals surface area contributed by atoms with Crippen LogP contribution in [0.25, 0.3) is 5.76 Å². The number of para-hydroxylation sites is 1. The molecule has 6 nitrogen and oxygen atoms in total. The number of hydrogen-bond donors (Lipinski definition) is 0. The Morgan fingerprint density at radius 3 is 2.54 bits per heavy atom. The Bertz CT molecular complexity index is 860. The second-order valence-corrected chi connectivity index (χ2v) is 5.75. The Kier molecular flexibility index (Phi) is 4.93. The van der Waals surface area contributed by atoms with Crippen molar-refractivity contribution >= 4 is 23.3 Å². The van der Waals surface area contributed by atoms with Gasteiger partial charge in [0.25, 0.3) is 12.2 Å². The van der Waals surface area contributed by atoms with E-state index in [0.717, 1.165) is 5.69 Å². The summed E-state index contributed by atoms with van der Waals surface area (Å²) >= 11 is 0. The molecule has 0 aromatic heterocycles. The van der Waals surface area contributed by atoms with Crippen LogP contribution in [0.5, 0.6) is 5.75 Å². The number of nitrogens with zero attached hydrogens (tertiary/aromatic N) is 1. The third kappa shape index (κ3) is 3.54. The minimum atomic E-state index is -0.904.